The summed E-state index contributed by atoms with van der Waals surface area (Å²) in [5.41, 5.74) is -0.716. The van der Waals surface area contributed by atoms with Crippen LogP contribution in [0, 0.1) is 5.92 Å². The predicted molar refractivity (Wildman–Crippen MR) is 52.0 cm³/mol. The maximum Gasteiger partial charge on any atom is 0.419 e. The molecule has 2 heterocycles. The van der Waals surface area contributed by atoms with Gasteiger partial charge in [0.05, 0.1) is 5.56 Å². The second-order valence-electron chi connectivity index (χ2n) is 3.83. The molecule has 0 amide bonds. The van der Waals surface area contributed by atoms with Crippen molar-refractivity contribution in [2.24, 2.45) is 5.92 Å². The minimum absolute atomic E-state index is 0.00465. The van der Waals surface area contributed by atoms with Gasteiger partial charge in [-0.15, -0.1) is 0 Å². The van der Waals surface area contributed by atoms with Gasteiger partial charge < -0.3 is 10.0 Å². The van der Waals surface area contributed by atoms with Crippen LogP contribution in [-0.4, -0.2) is 29.8 Å². The molecule has 0 atom stereocenters. The van der Waals surface area contributed by atoms with E-state index in [0.29, 0.717) is 13.1 Å². The summed E-state index contributed by atoms with van der Waals surface area (Å²) >= 11 is 0. The number of hydrogen-bond acceptors (Lipinski definition) is 3. The van der Waals surface area contributed by atoms with Crippen molar-refractivity contribution < 1.29 is 18.3 Å². The second-order valence-corrected chi connectivity index (χ2v) is 3.83. The average molecular weight is 232 g/mol. The van der Waals surface area contributed by atoms with E-state index in [1.807, 2.05) is 0 Å². The Hall–Kier alpha value is -1.30. The zero-order chi connectivity index (χ0) is 11.8. The van der Waals surface area contributed by atoms with Crippen LogP contribution in [-0.2, 0) is 6.18 Å². The van der Waals surface area contributed by atoms with E-state index in [4.69, 9.17) is 5.11 Å². The van der Waals surface area contributed by atoms with E-state index in [9.17, 15) is 13.2 Å². The number of rotatable bonds is 2. The number of aliphatic hydroxyl groups is 1. The Balaban J connectivity index is 2.22. The Kier molecular flexibility index (Phi) is 2.75. The van der Waals surface area contributed by atoms with Crippen molar-refractivity contribution >= 4 is 5.82 Å². The van der Waals surface area contributed by atoms with Gasteiger partial charge in [-0.3, -0.25) is 0 Å². The van der Waals surface area contributed by atoms with Gasteiger partial charge in [-0.05, 0) is 12.1 Å². The van der Waals surface area contributed by atoms with Crippen LogP contribution in [0.3, 0.4) is 0 Å². The third kappa shape index (κ3) is 1.97. The van der Waals surface area contributed by atoms with E-state index >= 15 is 0 Å². The molecule has 16 heavy (non-hydrogen) atoms. The molecule has 2 rings (SSSR count). The molecule has 1 saturated heterocycles. The molecule has 0 bridgehead atoms. The summed E-state index contributed by atoms with van der Waals surface area (Å²) < 4.78 is 37.9. The number of halogens is 3. The monoisotopic (exact) mass is 232 g/mol. The molecule has 0 unspecified atom stereocenters. The van der Waals surface area contributed by atoms with Crippen molar-refractivity contribution in [2.75, 3.05) is 24.6 Å². The van der Waals surface area contributed by atoms with E-state index in [0.717, 1.165) is 6.07 Å². The second kappa shape index (κ2) is 3.93. The quantitative estimate of drug-likeness (QED) is 0.840. The maximum atomic E-state index is 12.6. The van der Waals surface area contributed by atoms with Gasteiger partial charge in [-0.25, -0.2) is 4.98 Å². The molecule has 1 aliphatic rings. The highest BCUT2D eigenvalue weighted by Gasteiger charge is 2.38. The first kappa shape index (κ1) is 11.2. The van der Waals surface area contributed by atoms with Gasteiger partial charge in [-0.1, -0.05) is 0 Å². The Bertz CT molecular complexity index is 375. The lowest BCUT2D eigenvalue weighted by Gasteiger charge is -2.40. The predicted octanol–water partition coefficient (Wildman–Crippen LogP) is 1.53. The molecule has 1 aliphatic heterocycles. The highest BCUT2D eigenvalue weighted by atomic mass is 19.4. The lowest BCUT2D eigenvalue weighted by atomic mass is 10.0. The highest BCUT2D eigenvalue weighted by Crippen LogP contribution is 2.37. The van der Waals surface area contributed by atoms with E-state index < -0.39 is 11.7 Å². The Morgan fingerprint density at radius 2 is 2.12 bits per heavy atom. The molecule has 1 aromatic rings. The lowest BCUT2D eigenvalue weighted by Crippen LogP contribution is -2.49. The summed E-state index contributed by atoms with van der Waals surface area (Å²) in [5, 5.41) is 8.81. The fourth-order valence-corrected chi connectivity index (χ4v) is 1.73. The Morgan fingerprint density at radius 1 is 1.44 bits per heavy atom. The maximum absolute atomic E-state index is 12.6. The first-order valence-electron chi connectivity index (χ1n) is 4.90. The third-order valence-electron chi connectivity index (χ3n) is 2.61. The normalized spacial score (nSPS) is 17.4. The van der Waals surface area contributed by atoms with Crippen LogP contribution in [0.4, 0.5) is 19.0 Å². The molecule has 1 fully saturated rings. The average Bonchev–Trinajstić information content (AvgIpc) is 2.15. The van der Waals surface area contributed by atoms with Gasteiger partial charge in [-0.2, -0.15) is 13.2 Å². The summed E-state index contributed by atoms with van der Waals surface area (Å²) in [5.74, 6) is 0.0165. The van der Waals surface area contributed by atoms with Gasteiger partial charge in [0.1, 0.15) is 5.82 Å². The topological polar surface area (TPSA) is 36.4 Å². The van der Waals surface area contributed by atoms with Gasteiger partial charge in [0, 0.05) is 31.8 Å². The smallest absolute Gasteiger partial charge is 0.396 e. The summed E-state index contributed by atoms with van der Waals surface area (Å²) in [4.78, 5) is 5.29. The molecule has 88 valence electrons. The fourth-order valence-electron chi connectivity index (χ4n) is 1.73. The van der Waals surface area contributed by atoms with E-state index in [2.05, 4.69) is 4.98 Å². The molecule has 0 saturated carbocycles. The van der Waals surface area contributed by atoms with Crippen molar-refractivity contribution in [2.45, 2.75) is 6.18 Å². The molecular formula is C10H11F3N2O. The number of alkyl halides is 3. The lowest BCUT2D eigenvalue weighted by molar-refractivity contribution is -0.137. The van der Waals surface area contributed by atoms with Crippen molar-refractivity contribution in [1.82, 2.24) is 4.98 Å². The number of pyridine rings is 1. The van der Waals surface area contributed by atoms with Crippen molar-refractivity contribution in [1.29, 1.82) is 0 Å². The Morgan fingerprint density at radius 3 is 2.69 bits per heavy atom. The van der Waals surface area contributed by atoms with Gasteiger partial charge in [0.15, 0.2) is 0 Å². The molecule has 0 aromatic carbocycles. The van der Waals surface area contributed by atoms with E-state index in [-0.39, 0.29) is 18.3 Å². The fraction of sp³-hybridized carbons (Fsp3) is 0.500. The van der Waals surface area contributed by atoms with E-state index in [1.165, 1.54) is 17.2 Å². The van der Waals surface area contributed by atoms with Crippen molar-refractivity contribution in [3.8, 4) is 0 Å². The van der Waals surface area contributed by atoms with E-state index in [1.54, 1.807) is 0 Å². The molecule has 6 heteroatoms. The van der Waals surface area contributed by atoms with Crippen LogP contribution in [0.1, 0.15) is 5.56 Å². The highest BCUT2D eigenvalue weighted by molar-refractivity contribution is 5.50. The number of aromatic nitrogens is 1. The minimum Gasteiger partial charge on any atom is -0.396 e. The molecular weight excluding hydrogens is 221 g/mol. The number of hydrogen-bond donors (Lipinski definition) is 1. The zero-order valence-electron chi connectivity index (χ0n) is 8.41. The van der Waals surface area contributed by atoms with Crippen LogP contribution >= 0.6 is 0 Å². The van der Waals surface area contributed by atoms with Gasteiger partial charge in [0.2, 0.25) is 0 Å². The minimum atomic E-state index is -4.38. The van der Waals surface area contributed by atoms with Crippen LogP contribution < -0.4 is 4.90 Å². The molecule has 0 spiro atoms. The van der Waals surface area contributed by atoms with Crippen LogP contribution in [0.15, 0.2) is 18.3 Å². The third-order valence-corrected chi connectivity index (χ3v) is 2.61. The first-order chi connectivity index (χ1) is 7.52. The van der Waals surface area contributed by atoms with Crippen molar-refractivity contribution in [3.63, 3.8) is 0 Å². The molecule has 1 N–H and O–H groups in total. The number of anilines is 1. The van der Waals surface area contributed by atoms with Gasteiger partial charge >= 0.3 is 6.18 Å². The summed E-state index contributed by atoms with van der Waals surface area (Å²) in [6.07, 6.45) is -3.04. The standard InChI is InChI=1S/C10H11F3N2O/c11-10(12,13)8-2-1-3-14-9(8)15-4-7(5-15)6-16/h1-3,7,16H,4-6H2. The first-order valence-corrected chi connectivity index (χ1v) is 4.90. The Labute approximate surface area is 90.5 Å². The van der Waals surface area contributed by atoms with Crippen LogP contribution in [0.2, 0.25) is 0 Å². The van der Waals surface area contributed by atoms with Gasteiger partial charge in [0.25, 0.3) is 0 Å². The molecule has 1 aromatic heterocycles. The summed E-state index contributed by atoms with van der Waals surface area (Å²) in [6, 6.07) is 2.30. The molecule has 3 nitrogen and oxygen atoms in total. The summed E-state index contributed by atoms with van der Waals surface area (Å²) in [7, 11) is 0. The van der Waals surface area contributed by atoms with Crippen molar-refractivity contribution in [3.05, 3.63) is 23.9 Å². The largest absolute Gasteiger partial charge is 0.419 e. The summed E-state index contributed by atoms with van der Waals surface area (Å²) in [6.45, 7) is 0.859. The van der Waals surface area contributed by atoms with Crippen LogP contribution in [0.5, 0.6) is 0 Å². The number of nitrogens with zero attached hydrogens (tertiary/aromatic N) is 2. The van der Waals surface area contributed by atoms with Crippen LogP contribution in [0.25, 0.3) is 0 Å². The molecule has 0 radical (unpaired) electrons. The molecule has 0 aliphatic carbocycles. The zero-order valence-corrected chi connectivity index (χ0v) is 8.41. The number of aliphatic hydroxyl groups excluding tert-OH is 1. The SMILES string of the molecule is OCC1CN(c2ncccc2C(F)(F)F)C1.